The lowest BCUT2D eigenvalue weighted by Gasteiger charge is -2.22. The minimum absolute atomic E-state index is 0.0107. The van der Waals surface area contributed by atoms with Crippen molar-refractivity contribution in [3.05, 3.63) is 23.8 Å². The quantitative estimate of drug-likeness (QED) is 0.724. The van der Waals surface area contributed by atoms with E-state index in [1.807, 2.05) is 0 Å². The van der Waals surface area contributed by atoms with Crippen LogP contribution in [0.4, 0.5) is 13.2 Å². The van der Waals surface area contributed by atoms with E-state index in [9.17, 15) is 33.0 Å². The van der Waals surface area contributed by atoms with E-state index in [1.54, 1.807) is 0 Å². The number of amides is 1. The van der Waals surface area contributed by atoms with Gasteiger partial charge < -0.3 is 20.2 Å². The third-order valence-electron chi connectivity index (χ3n) is 2.23. The Kier molecular flexibility index (Phi) is 4.43. The monoisotopic (exact) mass is 293 g/mol. The number of nitrogens with zero attached hydrogens (tertiary/aromatic N) is 1. The molecule has 0 radical (unpaired) electrons. The third-order valence-corrected chi connectivity index (χ3v) is 2.23. The summed E-state index contributed by atoms with van der Waals surface area (Å²) < 4.78 is 36.9. The molecule has 20 heavy (non-hydrogen) atoms. The first-order valence-electron chi connectivity index (χ1n) is 5.20. The molecular weight excluding hydrogens is 283 g/mol. The predicted molar refractivity (Wildman–Crippen MR) is 59.4 cm³/mol. The second-order valence-corrected chi connectivity index (χ2v) is 3.84. The summed E-state index contributed by atoms with van der Waals surface area (Å²) in [5, 5.41) is 27.1. The minimum atomic E-state index is -4.79. The second-order valence-electron chi connectivity index (χ2n) is 3.84. The van der Waals surface area contributed by atoms with Gasteiger partial charge in [0.25, 0.3) is 5.91 Å². The number of aliphatic carboxylic acids is 1. The second kappa shape index (κ2) is 5.68. The number of alkyl halides is 3. The summed E-state index contributed by atoms with van der Waals surface area (Å²) in [6, 6.07) is 3.13. The normalized spacial score (nSPS) is 11.2. The summed E-state index contributed by atoms with van der Waals surface area (Å²) in [7, 11) is 0. The smallest absolute Gasteiger partial charge is 0.406 e. The molecule has 0 fully saturated rings. The van der Waals surface area contributed by atoms with Crippen LogP contribution in [0, 0.1) is 0 Å². The summed E-state index contributed by atoms with van der Waals surface area (Å²) in [6.07, 6.45) is -4.79. The van der Waals surface area contributed by atoms with Crippen LogP contribution in [0.1, 0.15) is 10.4 Å². The highest BCUT2D eigenvalue weighted by Gasteiger charge is 2.35. The van der Waals surface area contributed by atoms with Gasteiger partial charge in [0, 0.05) is 0 Å². The van der Waals surface area contributed by atoms with Crippen molar-refractivity contribution in [3.8, 4) is 11.5 Å². The molecule has 1 aromatic carbocycles. The SMILES string of the molecule is O=C(O)CN(CC(F)(F)F)C(=O)c1cccc(O)c1O. The molecule has 0 aromatic heterocycles. The molecule has 9 heteroatoms. The van der Waals surface area contributed by atoms with Crippen molar-refractivity contribution in [3.63, 3.8) is 0 Å². The fourth-order valence-electron chi connectivity index (χ4n) is 1.45. The standard InChI is InChI=1S/C11H10F3NO5/c12-11(13,14)5-15(4-8(17)18)10(20)6-2-1-3-7(16)9(6)19/h1-3,16,19H,4-5H2,(H,17,18). The highest BCUT2D eigenvalue weighted by Crippen LogP contribution is 2.29. The lowest BCUT2D eigenvalue weighted by atomic mass is 10.1. The Labute approximate surface area is 110 Å². The molecule has 0 atom stereocenters. The van der Waals surface area contributed by atoms with Gasteiger partial charge in [0.05, 0.1) is 5.56 Å². The number of rotatable bonds is 4. The first-order chi connectivity index (χ1) is 9.11. The van der Waals surface area contributed by atoms with E-state index in [-0.39, 0.29) is 4.90 Å². The zero-order chi connectivity index (χ0) is 15.5. The molecule has 0 unspecified atom stereocenters. The minimum Gasteiger partial charge on any atom is -0.504 e. The average Bonchev–Trinajstić information content (AvgIpc) is 2.28. The van der Waals surface area contributed by atoms with Crippen molar-refractivity contribution in [2.75, 3.05) is 13.1 Å². The van der Waals surface area contributed by atoms with E-state index in [2.05, 4.69) is 0 Å². The van der Waals surface area contributed by atoms with Gasteiger partial charge in [-0.1, -0.05) is 6.07 Å². The summed E-state index contributed by atoms with van der Waals surface area (Å²) in [6.45, 7) is -2.97. The van der Waals surface area contributed by atoms with Crippen molar-refractivity contribution in [2.24, 2.45) is 0 Å². The fourth-order valence-corrected chi connectivity index (χ4v) is 1.45. The number of hydrogen-bond donors (Lipinski definition) is 3. The van der Waals surface area contributed by atoms with Gasteiger partial charge in [-0.25, -0.2) is 0 Å². The van der Waals surface area contributed by atoms with E-state index in [0.29, 0.717) is 0 Å². The van der Waals surface area contributed by atoms with E-state index in [1.165, 1.54) is 0 Å². The van der Waals surface area contributed by atoms with Gasteiger partial charge in [0.15, 0.2) is 11.5 Å². The first-order valence-corrected chi connectivity index (χ1v) is 5.20. The Morgan fingerprint density at radius 2 is 1.80 bits per heavy atom. The molecule has 0 bridgehead atoms. The van der Waals surface area contributed by atoms with Crippen molar-refractivity contribution < 1.29 is 38.1 Å². The number of phenols is 2. The van der Waals surface area contributed by atoms with Gasteiger partial charge >= 0.3 is 12.1 Å². The third kappa shape index (κ3) is 4.04. The first kappa shape index (κ1) is 15.6. The molecule has 0 aliphatic rings. The Hall–Kier alpha value is -2.45. The van der Waals surface area contributed by atoms with Crippen LogP contribution >= 0.6 is 0 Å². The number of carbonyl (C=O) groups is 2. The Bertz CT molecular complexity index is 529. The number of para-hydroxylation sites is 1. The molecule has 6 nitrogen and oxygen atoms in total. The van der Waals surface area contributed by atoms with Gasteiger partial charge in [0.1, 0.15) is 13.1 Å². The van der Waals surface area contributed by atoms with Crippen LogP contribution in [0.15, 0.2) is 18.2 Å². The molecule has 1 amide bonds. The van der Waals surface area contributed by atoms with E-state index in [4.69, 9.17) is 5.11 Å². The maximum absolute atomic E-state index is 12.3. The van der Waals surface area contributed by atoms with Crippen LogP contribution < -0.4 is 0 Å². The van der Waals surface area contributed by atoms with Crippen LogP contribution in [-0.4, -0.2) is 51.4 Å². The molecule has 0 saturated heterocycles. The number of carboxylic acids is 1. The number of halogens is 3. The Morgan fingerprint density at radius 1 is 1.20 bits per heavy atom. The molecule has 110 valence electrons. The van der Waals surface area contributed by atoms with Crippen molar-refractivity contribution in [2.45, 2.75) is 6.18 Å². The number of carboxylic acid groups (broad SMARTS) is 1. The zero-order valence-electron chi connectivity index (χ0n) is 9.89. The van der Waals surface area contributed by atoms with Crippen LogP contribution in [0.3, 0.4) is 0 Å². The largest absolute Gasteiger partial charge is 0.504 e. The van der Waals surface area contributed by atoms with E-state index in [0.717, 1.165) is 18.2 Å². The van der Waals surface area contributed by atoms with Gasteiger partial charge in [0.2, 0.25) is 0 Å². The lowest BCUT2D eigenvalue weighted by molar-refractivity contribution is -0.149. The van der Waals surface area contributed by atoms with Gasteiger partial charge in [-0.05, 0) is 12.1 Å². The highest BCUT2D eigenvalue weighted by atomic mass is 19.4. The summed E-state index contributed by atoms with van der Waals surface area (Å²) in [4.78, 5) is 22.3. The number of aromatic hydroxyl groups is 2. The van der Waals surface area contributed by atoms with Crippen LogP contribution in [0.5, 0.6) is 11.5 Å². The van der Waals surface area contributed by atoms with Crippen LogP contribution in [0.25, 0.3) is 0 Å². The number of hydrogen-bond acceptors (Lipinski definition) is 4. The van der Waals surface area contributed by atoms with Gasteiger partial charge in [-0.3, -0.25) is 9.59 Å². The topological polar surface area (TPSA) is 98.1 Å². The van der Waals surface area contributed by atoms with Crippen molar-refractivity contribution >= 4 is 11.9 Å². The van der Waals surface area contributed by atoms with Gasteiger partial charge in [-0.15, -0.1) is 0 Å². The van der Waals surface area contributed by atoms with Crippen LogP contribution in [-0.2, 0) is 4.79 Å². The van der Waals surface area contributed by atoms with Crippen molar-refractivity contribution in [1.82, 2.24) is 4.90 Å². The predicted octanol–water partition coefficient (Wildman–Crippen LogP) is 1.19. The summed E-state index contributed by atoms with van der Waals surface area (Å²) in [5.74, 6) is -4.59. The van der Waals surface area contributed by atoms with E-state index >= 15 is 0 Å². The molecule has 0 aliphatic carbocycles. The molecule has 0 heterocycles. The highest BCUT2D eigenvalue weighted by molar-refractivity contribution is 5.98. The van der Waals surface area contributed by atoms with Crippen molar-refractivity contribution in [1.29, 1.82) is 0 Å². The molecule has 1 rings (SSSR count). The van der Waals surface area contributed by atoms with Crippen LogP contribution in [0.2, 0.25) is 0 Å². The molecule has 0 saturated carbocycles. The molecular formula is C11H10F3NO5. The maximum Gasteiger partial charge on any atom is 0.406 e. The molecule has 0 aliphatic heterocycles. The number of benzene rings is 1. The molecule has 1 aromatic rings. The van der Waals surface area contributed by atoms with Gasteiger partial charge in [-0.2, -0.15) is 13.2 Å². The molecule has 3 N–H and O–H groups in total. The average molecular weight is 293 g/mol. The Balaban J connectivity index is 3.10. The number of carbonyl (C=O) groups excluding carboxylic acids is 1. The summed E-state index contributed by atoms with van der Waals surface area (Å²) in [5.41, 5.74) is -0.615. The van der Waals surface area contributed by atoms with E-state index < -0.39 is 48.2 Å². The Morgan fingerprint density at radius 3 is 2.30 bits per heavy atom. The summed E-state index contributed by atoms with van der Waals surface area (Å²) >= 11 is 0. The fraction of sp³-hybridized carbons (Fsp3) is 0.273. The zero-order valence-corrected chi connectivity index (χ0v) is 9.89. The lowest BCUT2D eigenvalue weighted by Crippen LogP contribution is -2.42. The maximum atomic E-state index is 12.3. The number of phenolic OH excluding ortho intramolecular Hbond substituents is 2. The molecule has 0 spiro atoms.